The van der Waals surface area contributed by atoms with Gasteiger partial charge in [0.05, 0.1) is 5.56 Å². The third-order valence-corrected chi connectivity index (χ3v) is 6.08. The molecule has 0 N–H and O–H groups in total. The van der Waals surface area contributed by atoms with Crippen LogP contribution in [0.2, 0.25) is 0 Å². The summed E-state index contributed by atoms with van der Waals surface area (Å²) in [6.07, 6.45) is 1.72. The first kappa shape index (κ1) is 20.4. The molecule has 0 atom stereocenters. The first-order valence-electron chi connectivity index (χ1n) is 9.65. The quantitative estimate of drug-likeness (QED) is 0.788. The number of rotatable bonds is 4. The van der Waals surface area contributed by atoms with E-state index in [2.05, 4.69) is 37.0 Å². The second kappa shape index (κ2) is 8.78. The Hall–Kier alpha value is -2.34. The van der Waals surface area contributed by atoms with Crippen molar-refractivity contribution in [2.45, 2.75) is 37.6 Å². The summed E-state index contributed by atoms with van der Waals surface area (Å²) in [4.78, 5) is 34.5. The number of hydrogen-bond acceptors (Lipinski definition) is 4. The van der Waals surface area contributed by atoms with E-state index in [0.29, 0.717) is 31.7 Å². The van der Waals surface area contributed by atoms with E-state index in [9.17, 15) is 9.59 Å². The van der Waals surface area contributed by atoms with Crippen molar-refractivity contribution < 1.29 is 9.59 Å². The maximum Gasteiger partial charge on any atom is 0.256 e. The number of aromatic nitrogens is 1. The summed E-state index contributed by atoms with van der Waals surface area (Å²) in [6.45, 7) is 10.3. The fourth-order valence-electron chi connectivity index (χ4n) is 3.19. The van der Waals surface area contributed by atoms with E-state index in [4.69, 9.17) is 0 Å². The number of aryl methyl sites for hydroxylation is 2. The zero-order valence-corrected chi connectivity index (χ0v) is 17.8. The van der Waals surface area contributed by atoms with E-state index in [-0.39, 0.29) is 17.7 Å². The highest BCUT2D eigenvalue weighted by molar-refractivity contribution is 7.99. The number of amides is 2. The average molecular weight is 398 g/mol. The van der Waals surface area contributed by atoms with Gasteiger partial charge in [0.15, 0.2) is 0 Å². The molecule has 0 saturated carbocycles. The maximum absolute atomic E-state index is 13.1. The number of carbonyl (C=O) groups is 2. The zero-order valence-electron chi connectivity index (χ0n) is 16.9. The summed E-state index contributed by atoms with van der Waals surface area (Å²) < 4.78 is 0. The number of piperazine rings is 1. The summed E-state index contributed by atoms with van der Waals surface area (Å²) >= 11 is 1.52. The van der Waals surface area contributed by atoms with Gasteiger partial charge < -0.3 is 9.80 Å². The molecule has 2 amide bonds. The Morgan fingerprint density at radius 1 is 1.00 bits per heavy atom. The van der Waals surface area contributed by atoms with Gasteiger partial charge in [-0.3, -0.25) is 9.59 Å². The lowest BCUT2D eigenvalue weighted by Crippen LogP contribution is -2.51. The van der Waals surface area contributed by atoms with Crippen LogP contribution in [0.25, 0.3) is 0 Å². The van der Waals surface area contributed by atoms with Crippen molar-refractivity contribution in [1.82, 2.24) is 14.8 Å². The lowest BCUT2D eigenvalue weighted by Gasteiger charge is -2.35. The van der Waals surface area contributed by atoms with Gasteiger partial charge in [0.2, 0.25) is 5.91 Å². The monoisotopic (exact) mass is 397 g/mol. The van der Waals surface area contributed by atoms with Crippen LogP contribution in [-0.4, -0.2) is 52.8 Å². The van der Waals surface area contributed by atoms with Crippen molar-refractivity contribution >= 4 is 23.6 Å². The molecule has 1 saturated heterocycles. The largest absolute Gasteiger partial charge is 0.339 e. The van der Waals surface area contributed by atoms with E-state index < -0.39 is 0 Å². The molecule has 3 rings (SSSR count). The van der Waals surface area contributed by atoms with Crippen molar-refractivity contribution in [1.29, 1.82) is 0 Å². The number of hydrogen-bond donors (Lipinski definition) is 0. The number of pyridine rings is 1. The number of nitrogens with zero attached hydrogens (tertiary/aromatic N) is 3. The first-order valence-corrected chi connectivity index (χ1v) is 10.5. The molecule has 1 aromatic heterocycles. The Kier molecular flexibility index (Phi) is 6.39. The molecule has 0 bridgehead atoms. The molecule has 0 radical (unpaired) electrons. The normalized spacial score (nSPS) is 14.5. The van der Waals surface area contributed by atoms with Crippen LogP contribution in [0.4, 0.5) is 0 Å². The van der Waals surface area contributed by atoms with Crippen molar-refractivity contribution in [2.75, 3.05) is 26.2 Å². The fourth-order valence-corrected chi connectivity index (χ4v) is 4.16. The average Bonchev–Trinajstić information content (AvgIpc) is 2.70. The van der Waals surface area contributed by atoms with Gasteiger partial charge in [-0.1, -0.05) is 31.7 Å². The van der Waals surface area contributed by atoms with Crippen LogP contribution in [0.5, 0.6) is 0 Å². The second-order valence-corrected chi connectivity index (χ2v) is 8.54. The number of carbonyl (C=O) groups excluding carboxylic acids is 2. The standard InChI is InChI=1S/C22H27N3O2S/c1-15(2)21(26)24-10-12-25(13-11-24)22(27)19-6-5-9-23-20(19)28-18-8-7-16(3)17(4)14-18/h5-9,14-15H,10-13H2,1-4H3. The van der Waals surface area contributed by atoms with Crippen LogP contribution in [0.3, 0.4) is 0 Å². The summed E-state index contributed by atoms with van der Waals surface area (Å²) in [5, 5.41) is 0.719. The van der Waals surface area contributed by atoms with Gasteiger partial charge in [-0.05, 0) is 49.2 Å². The molecule has 1 fully saturated rings. The van der Waals surface area contributed by atoms with Crippen LogP contribution in [0.15, 0.2) is 46.5 Å². The van der Waals surface area contributed by atoms with Gasteiger partial charge in [-0.2, -0.15) is 0 Å². The highest BCUT2D eigenvalue weighted by atomic mass is 32.2. The molecular formula is C22H27N3O2S. The SMILES string of the molecule is Cc1ccc(Sc2ncccc2C(=O)N2CCN(C(=O)C(C)C)CC2)cc1C. The van der Waals surface area contributed by atoms with Crippen molar-refractivity contribution in [2.24, 2.45) is 5.92 Å². The molecular weight excluding hydrogens is 370 g/mol. The van der Waals surface area contributed by atoms with E-state index in [1.165, 1.54) is 22.9 Å². The van der Waals surface area contributed by atoms with Gasteiger partial charge >= 0.3 is 0 Å². The highest BCUT2D eigenvalue weighted by Crippen LogP contribution is 2.30. The molecule has 1 aliphatic heterocycles. The Bertz CT molecular complexity index is 874. The topological polar surface area (TPSA) is 53.5 Å². The molecule has 0 unspecified atom stereocenters. The first-order chi connectivity index (χ1) is 13.4. The molecule has 28 heavy (non-hydrogen) atoms. The molecule has 1 aliphatic rings. The maximum atomic E-state index is 13.1. The van der Waals surface area contributed by atoms with E-state index in [1.807, 2.05) is 29.7 Å². The van der Waals surface area contributed by atoms with Gasteiger partial charge in [0.25, 0.3) is 5.91 Å². The second-order valence-electron chi connectivity index (χ2n) is 7.48. The van der Waals surface area contributed by atoms with Crippen LogP contribution in [0.1, 0.15) is 35.3 Å². The summed E-state index contributed by atoms with van der Waals surface area (Å²) in [5.74, 6) is 0.122. The van der Waals surface area contributed by atoms with Crippen LogP contribution in [0, 0.1) is 19.8 Å². The van der Waals surface area contributed by atoms with Gasteiger partial charge in [-0.25, -0.2) is 4.98 Å². The Morgan fingerprint density at radius 3 is 2.32 bits per heavy atom. The lowest BCUT2D eigenvalue weighted by atomic mass is 10.1. The predicted molar refractivity (Wildman–Crippen MR) is 112 cm³/mol. The van der Waals surface area contributed by atoms with E-state index in [0.717, 1.165) is 9.92 Å². The molecule has 2 heterocycles. The Balaban J connectivity index is 1.73. The minimum Gasteiger partial charge on any atom is -0.339 e. The minimum absolute atomic E-state index is 0.0125. The summed E-state index contributed by atoms with van der Waals surface area (Å²) in [5.41, 5.74) is 3.09. The zero-order chi connectivity index (χ0) is 20.3. The summed E-state index contributed by atoms with van der Waals surface area (Å²) in [6, 6.07) is 9.92. The number of benzene rings is 1. The molecule has 6 heteroatoms. The van der Waals surface area contributed by atoms with Gasteiger partial charge in [0, 0.05) is 43.2 Å². The molecule has 148 valence electrons. The molecule has 0 spiro atoms. The third-order valence-electron chi connectivity index (χ3n) is 5.07. The Labute approximate surface area is 171 Å². The van der Waals surface area contributed by atoms with Crippen LogP contribution >= 0.6 is 11.8 Å². The van der Waals surface area contributed by atoms with Crippen molar-refractivity contribution in [3.05, 3.63) is 53.2 Å². The minimum atomic E-state index is -0.0175. The molecule has 2 aromatic rings. The predicted octanol–water partition coefficient (Wildman–Crippen LogP) is 3.79. The van der Waals surface area contributed by atoms with Gasteiger partial charge in [-0.15, -0.1) is 0 Å². The lowest BCUT2D eigenvalue weighted by molar-refractivity contribution is -0.135. The summed E-state index contributed by atoms with van der Waals surface area (Å²) in [7, 11) is 0. The van der Waals surface area contributed by atoms with Crippen molar-refractivity contribution in [3.8, 4) is 0 Å². The Morgan fingerprint density at radius 2 is 1.68 bits per heavy atom. The van der Waals surface area contributed by atoms with Crippen LogP contribution < -0.4 is 0 Å². The van der Waals surface area contributed by atoms with E-state index in [1.54, 1.807) is 12.3 Å². The van der Waals surface area contributed by atoms with Crippen LogP contribution in [-0.2, 0) is 4.79 Å². The van der Waals surface area contributed by atoms with Gasteiger partial charge in [0.1, 0.15) is 5.03 Å². The smallest absolute Gasteiger partial charge is 0.256 e. The molecule has 0 aliphatic carbocycles. The van der Waals surface area contributed by atoms with E-state index >= 15 is 0 Å². The molecule has 1 aromatic carbocycles. The molecule has 5 nitrogen and oxygen atoms in total. The van der Waals surface area contributed by atoms with Crippen molar-refractivity contribution in [3.63, 3.8) is 0 Å². The fraction of sp³-hybridized carbons (Fsp3) is 0.409. The highest BCUT2D eigenvalue weighted by Gasteiger charge is 2.27. The third kappa shape index (κ3) is 4.55.